The van der Waals surface area contributed by atoms with Crippen LogP contribution in [0.4, 0.5) is 5.69 Å². The van der Waals surface area contributed by atoms with Crippen molar-refractivity contribution in [1.82, 2.24) is 14.1 Å². The molecule has 7 nitrogen and oxygen atoms in total. The van der Waals surface area contributed by atoms with E-state index in [0.29, 0.717) is 6.42 Å². The average molecular weight is 391 g/mol. The highest BCUT2D eigenvalue weighted by Gasteiger charge is 2.31. The number of fused-ring (bicyclic) bond motifs is 1. The molecule has 2 heterocycles. The van der Waals surface area contributed by atoms with Gasteiger partial charge >= 0.3 is 0 Å². The summed E-state index contributed by atoms with van der Waals surface area (Å²) in [6, 6.07) is 5.06. The number of sulfonamides is 1. The third-order valence-corrected chi connectivity index (χ3v) is 7.15. The lowest BCUT2D eigenvalue weighted by atomic mass is 10.1. The Bertz CT molecular complexity index is 1010. The molecule has 3 rings (SSSR count). The Morgan fingerprint density at radius 1 is 1.33 bits per heavy atom. The molecule has 8 heteroatoms. The van der Waals surface area contributed by atoms with E-state index in [-0.39, 0.29) is 23.4 Å². The Morgan fingerprint density at radius 2 is 2.00 bits per heavy atom. The highest BCUT2D eigenvalue weighted by atomic mass is 32.2. The van der Waals surface area contributed by atoms with Gasteiger partial charge < -0.3 is 4.90 Å². The van der Waals surface area contributed by atoms with Gasteiger partial charge in [0.05, 0.1) is 10.6 Å². The minimum absolute atomic E-state index is 0.0310. The Kier molecular flexibility index (Phi) is 4.90. The Balaban J connectivity index is 1.92. The fourth-order valence-electron chi connectivity index (χ4n) is 3.78. The van der Waals surface area contributed by atoms with Crippen LogP contribution in [0.3, 0.4) is 0 Å². The first kappa shape index (κ1) is 19.6. The lowest BCUT2D eigenvalue weighted by Crippen LogP contribution is -2.33. The molecule has 1 unspecified atom stereocenters. The van der Waals surface area contributed by atoms with Crippen molar-refractivity contribution in [1.29, 1.82) is 0 Å². The first-order chi connectivity index (χ1) is 12.5. The maximum atomic E-state index is 13.1. The van der Waals surface area contributed by atoms with Gasteiger partial charge in [0.2, 0.25) is 15.9 Å². The molecule has 0 fully saturated rings. The van der Waals surface area contributed by atoms with E-state index in [1.807, 2.05) is 27.8 Å². The molecule has 0 N–H and O–H groups in total. The van der Waals surface area contributed by atoms with Gasteiger partial charge in [-0.3, -0.25) is 9.48 Å². The number of benzene rings is 1. The van der Waals surface area contributed by atoms with Crippen molar-refractivity contribution in [3.05, 3.63) is 40.7 Å². The Hall–Kier alpha value is -2.19. The molecule has 0 saturated heterocycles. The monoisotopic (exact) mass is 390 g/mol. The van der Waals surface area contributed by atoms with Crippen LogP contribution in [-0.4, -0.2) is 41.5 Å². The lowest BCUT2D eigenvalue weighted by Gasteiger charge is -2.21. The van der Waals surface area contributed by atoms with Crippen molar-refractivity contribution in [2.75, 3.05) is 11.9 Å². The van der Waals surface area contributed by atoms with Crippen LogP contribution in [0.5, 0.6) is 0 Å². The molecule has 0 radical (unpaired) electrons. The molecular formula is C19H26N4O3S. The normalized spacial score (nSPS) is 16.9. The zero-order chi connectivity index (χ0) is 20.1. The van der Waals surface area contributed by atoms with Crippen LogP contribution >= 0.6 is 0 Å². The van der Waals surface area contributed by atoms with Crippen LogP contribution in [0.25, 0.3) is 0 Å². The number of aromatic nitrogens is 2. The third-order valence-electron chi connectivity index (χ3n) is 5.35. The Labute approximate surface area is 160 Å². The smallest absolute Gasteiger partial charge is 0.243 e. The first-order valence-corrected chi connectivity index (χ1v) is 10.4. The summed E-state index contributed by atoms with van der Waals surface area (Å²) >= 11 is 0. The number of rotatable bonds is 4. The van der Waals surface area contributed by atoms with Gasteiger partial charge in [0.25, 0.3) is 0 Å². The largest absolute Gasteiger partial charge is 0.309 e. The molecular weight excluding hydrogens is 364 g/mol. The van der Waals surface area contributed by atoms with Crippen molar-refractivity contribution >= 4 is 21.6 Å². The van der Waals surface area contributed by atoms with Crippen LogP contribution in [0.1, 0.15) is 36.4 Å². The van der Waals surface area contributed by atoms with Crippen molar-refractivity contribution in [2.45, 2.75) is 51.6 Å². The van der Waals surface area contributed by atoms with Gasteiger partial charge in [-0.1, -0.05) is 0 Å². The molecule has 146 valence electrons. The fraction of sp³-hybridized carbons (Fsp3) is 0.474. The summed E-state index contributed by atoms with van der Waals surface area (Å²) in [6.07, 6.45) is 0.656. The third kappa shape index (κ3) is 3.27. The fourth-order valence-corrected chi connectivity index (χ4v) is 4.97. The number of hydrogen-bond donors (Lipinski definition) is 0. The summed E-state index contributed by atoms with van der Waals surface area (Å²) in [5.41, 5.74) is 4.39. The van der Waals surface area contributed by atoms with E-state index in [2.05, 4.69) is 5.10 Å². The number of aryl methyl sites for hydroxylation is 2. The average Bonchev–Trinajstić information content (AvgIpc) is 3.04. The van der Waals surface area contributed by atoms with E-state index >= 15 is 0 Å². The molecule has 1 atom stereocenters. The minimum Gasteiger partial charge on any atom is -0.309 e. The second kappa shape index (κ2) is 6.76. The maximum Gasteiger partial charge on any atom is 0.243 e. The van der Waals surface area contributed by atoms with Crippen molar-refractivity contribution in [3.8, 4) is 0 Å². The van der Waals surface area contributed by atoms with Gasteiger partial charge in [0.15, 0.2) is 0 Å². The predicted molar refractivity (Wildman–Crippen MR) is 104 cm³/mol. The van der Waals surface area contributed by atoms with Gasteiger partial charge in [-0.05, 0) is 51.0 Å². The van der Waals surface area contributed by atoms with Gasteiger partial charge in [-0.2, -0.15) is 9.40 Å². The molecule has 0 bridgehead atoms. The summed E-state index contributed by atoms with van der Waals surface area (Å²) in [6.45, 7) is 7.58. The van der Waals surface area contributed by atoms with Gasteiger partial charge in [-0.15, -0.1) is 0 Å². The quantitative estimate of drug-likeness (QED) is 0.802. The summed E-state index contributed by atoms with van der Waals surface area (Å²) in [5, 5.41) is 4.36. The molecule has 0 saturated carbocycles. The molecule has 1 aliphatic rings. The Morgan fingerprint density at radius 3 is 2.56 bits per heavy atom. The van der Waals surface area contributed by atoms with Crippen LogP contribution in [0.15, 0.2) is 23.1 Å². The number of carbonyl (C=O) groups excluding carboxylic acids is 1. The maximum absolute atomic E-state index is 13.1. The van der Waals surface area contributed by atoms with E-state index in [9.17, 15) is 13.2 Å². The summed E-state index contributed by atoms with van der Waals surface area (Å²) in [7, 11) is -0.213. The predicted octanol–water partition coefficient (Wildman–Crippen LogP) is 2.16. The molecule has 1 aliphatic heterocycles. The van der Waals surface area contributed by atoms with Gasteiger partial charge in [0, 0.05) is 50.6 Å². The zero-order valence-corrected chi connectivity index (χ0v) is 17.5. The van der Waals surface area contributed by atoms with Crippen LogP contribution in [-0.2, 0) is 34.8 Å². The van der Waals surface area contributed by atoms with E-state index in [0.717, 1.165) is 28.2 Å². The molecule has 2 aromatic rings. The van der Waals surface area contributed by atoms with E-state index in [4.69, 9.17) is 0 Å². The zero-order valence-electron chi connectivity index (χ0n) is 16.6. The highest BCUT2D eigenvalue weighted by molar-refractivity contribution is 7.89. The minimum atomic E-state index is -3.65. The van der Waals surface area contributed by atoms with E-state index < -0.39 is 10.0 Å². The molecule has 1 aromatic heterocycles. The number of carbonyl (C=O) groups is 1. The number of nitrogens with zero attached hydrogens (tertiary/aromatic N) is 4. The standard InChI is InChI=1S/C19H26N4O3S/c1-12-9-16-10-17(7-8-19(16)23(12)15(4)24)27(25,26)21(5)11-18-13(2)20-22(6)14(18)3/h7-8,10,12H,9,11H2,1-6H3. The lowest BCUT2D eigenvalue weighted by molar-refractivity contribution is -0.116. The number of anilines is 1. The molecule has 27 heavy (non-hydrogen) atoms. The molecule has 1 amide bonds. The van der Waals surface area contributed by atoms with Crippen LogP contribution in [0.2, 0.25) is 0 Å². The van der Waals surface area contributed by atoms with Crippen LogP contribution < -0.4 is 4.90 Å². The summed E-state index contributed by atoms with van der Waals surface area (Å²) < 4.78 is 29.3. The highest BCUT2D eigenvalue weighted by Crippen LogP contribution is 2.34. The van der Waals surface area contributed by atoms with Crippen molar-refractivity contribution in [3.63, 3.8) is 0 Å². The second-order valence-corrected chi connectivity index (χ2v) is 9.31. The topological polar surface area (TPSA) is 75.5 Å². The van der Waals surface area contributed by atoms with Gasteiger partial charge in [-0.25, -0.2) is 8.42 Å². The van der Waals surface area contributed by atoms with Gasteiger partial charge in [0.1, 0.15) is 0 Å². The van der Waals surface area contributed by atoms with Crippen molar-refractivity contribution in [2.24, 2.45) is 7.05 Å². The number of hydrogen-bond acceptors (Lipinski definition) is 4. The molecule has 0 aliphatic carbocycles. The molecule has 0 spiro atoms. The SMILES string of the molecule is CC(=O)N1c2ccc(S(=O)(=O)N(C)Cc3c(C)nn(C)c3C)cc2CC1C. The number of amides is 1. The van der Waals surface area contributed by atoms with E-state index in [1.165, 1.54) is 11.2 Å². The molecule has 1 aromatic carbocycles. The second-order valence-electron chi connectivity index (χ2n) is 7.27. The van der Waals surface area contributed by atoms with Crippen LogP contribution in [0, 0.1) is 13.8 Å². The van der Waals surface area contributed by atoms with E-state index in [1.54, 1.807) is 34.8 Å². The summed E-state index contributed by atoms with van der Waals surface area (Å²) in [4.78, 5) is 13.8. The summed E-state index contributed by atoms with van der Waals surface area (Å²) in [5.74, 6) is -0.0310. The first-order valence-electron chi connectivity index (χ1n) is 8.92. The van der Waals surface area contributed by atoms with Crippen molar-refractivity contribution < 1.29 is 13.2 Å².